The fourth-order valence-corrected chi connectivity index (χ4v) is 1.94. The molecule has 0 spiro atoms. The molecule has 0 aliphatic rings. The molecule has 4 nitrogen and oxygen atoms in total. The lowest BCUT2D eigenvalue weighted by molar-refractivity contribution is 0.0697. The molecule has 0 aliphatic heterocycles. The Morgan fingerprint density at radius 2 is 1.71 bits per heavy atom. The minimum Gasteiger partial charge on any atom is -0.494 e. The predicted octanol–water partition coefficient (Wildman–Crippen LogP) is 4.62. The van der Waals surface area contributed by atoms with Gasteiger partial charge >= 0.3 is 5.97 Å². The summed E-state index contributed by atoms with van der Waals surface area (Å²) in [6.07, 6.45) is 0.951. The molecule has 0 fully saturated rings. The van der Waals surface area contributed by atoms with Crippen LogP contribution in [-0.4, -0.2) is 17.7 Å². The standard InChI is InChI=1S/C16H15ClO4/c1-2-9-20-11-3-5-12(6-4-11)21-13-7-8-14(16(18)19)15(17)10-13/h3-8,10H,2,9H2,1H3,(H,18,19). The molecule has 1 N–H and O–H groups in total. The third-order valence-electron chi connectivity index (χ3n) is 2.70. The summed E-state index contributed by atoms with van der Waals surface area (Å²) < 4.78 is 11.1. The van der Waals surface area contributed by atoms with E-state index in [0.717, 1.165) is 12.2 Å². The van der Waals surface area contributed by atoms with Gasteiger partial charge in [0.05, 0.1) is 17.2 Å². The minimum absolute atomic E-state index is 0.0485. The number of halogens is 1. The normalized spacial score (nSPS) is 10.2. The molecule has 0 aromatic heterocycles. The van der Waals surface area contributed by atoms with E-state index in [1.54, 1.807) is 18.2 Å². The lowest BCUT2D eigenvalue weighted by atomic mass is 10.2. The largest absolute Gasteiger partial charge is 0.494 e. The van der Waals surface area contributed by atoms with Gasteiger partial charge in [-0.2, -0.15) is 0 Å². The van der Waals surface area contributed by atoms with Crippen LogP contribution < -0.4 is 9.47 Å². The topological polar surface area (TPSA) is 55.8 Å². The second-order valence-corrected chi connectivity index (χ2v) is 4.78. The van der Waals surface area contributed by atoms with Crippen LogP contribution in [0.1, 0.15) is 23.7 Å². The van der Waals surface area contributed by atoms with Crippen molar-refractivity contribution in [2.24, 2.45) is 0 Å². The van der Waals surface area contributed by atoms with Crippen molar-refractivity contribution in [1.29, 1.82) is 0 Å². The van der Waals surface area contributed by atoms with Crippen molar-refractivity contribution in [3.05, 3.63) is 53.1 Å². The molecule has 0 unspecified atom stereocenters. The number of carboxylic acids is 1. The van der Waals surface area contributed by atoms with Gasteiger partial charge < -0.3 is 14.6 Å². The highest BCUT2D eigenvalue weighted by atomic mass is 35.5. The van der Waals surface area contributed by atoms with Gasteiger partial charge in [0, 0.05) is 6.07 Å². The Morgan fingerprint density at radius 3 is 2.29 bits per heavy atom. The number of benzene rings is 2. The number of hydrogen-bond acceptors (Lipinski definition) is 3. The molecule has 110 valence electrons. The SMILES string of the molecule is CCCOc1ccc(Oc2ccc(C(=O)O)c(Cl)c2)cc1. The predicted molar refractivity (Wildman–Crippen MR) is 80.7 cm³/mol. The van der Waals surface area contributed by atoms with Crippen molar-refractivity contribution in [1.82, 2.24) is 0 Å². The lowest BCUT2D eigenvalue weighted by Crippen LogP contribution is -1.97. The van der Waals surface area contributed by atoms with Crippen LogP contribution in [0.2, 0.25) is 5.02 Å². The molecule has 0 heterocycles. The Hall–Kier alpha value is -2.20. The number of carbonyl (C=O) groups is 1. The maximum absolute atomic E-state index is 10.9. The summed E-state index contributed by atoms with van der Waals surface area (Å²) in [5.74, 6) is 0.817. The van der Waals surface area contributed by atoms with Crippen LogP contribution >= 0.6 is 11.6 Å². The van der Waals surface area contributed by atoms with Crippen LogP contribution in [0.3, 0.4) is 0 Å². The van der Waals surface area contributed by atoms with E-state index in [1.165, 1.54) is 12.1 Å². The highest BCUT2D eigenvalue weighted by molar-refractivity contribution is 6.33. The fraction of sp³-hybridized carbons (Fsp3) is 0.188. The number of aromatic carboxylic acids is 1. The van der Waals surface area contributed by atoms with E-state index in [9.17, 15) is 4.79 Å². The molecule has 0 radical (unpaired) electrons. The smallest absolute Gasteiger partial charge is 0.337 e. The summed E-state index contributed by atoms with van der Waals surface area (Å²) in [5, 5.41) is 9.05. The maximum atomic E-state index is 10.9. The zero-order valence-electron chi connectivity index (χ0n) is 11.5. The number of carboxylic acid groups (broad SMARTS) is 1. The van der Waals surface area contributed by atoms with Crippen LogP contribution in [0.15, 0.2) is 42.5 Å². The van der Waals surface area contributed by atoms with Gasteiger partial charge in [0.1, 0.15) is 17.2 Å². The molecular formula is C16H15ClO4. The fourth-order valence-electron chi connectivity index (χ4n) is 1.69. The lowest BCUT2D eigenvalue weighted by Gasteiger charge is -2.09. The van der Waals surface area contributed by atoms with E-state index in [-0.39, 0.29) is 10.6 Å². The van der Waals surface area contributed by atoms with E-state index >= 15 is 0 Å². The molecule has 2 aromatic carbocycles. The van der Waals surface area contributed by atoms with Crippen LogP contribution in [0, 0.1) is 0 Å². The Labute approximate surface area is 127 Å². The van der Waals surface area contributed by atoms with Crippen molar-refractivity contribution in [3.63, 3.8) is 0 Å². The van der Waals surface area contributed by atoms with E-state index in [4.69, 9.17) is 26.2 Å². The first-order valence-electron chi connectivity index (χ1n) is 6.53. The first-order valence-corrected chi connectivity index (χ1v) is 6.91. The van der Waals surface area contributed by atoms with Gasteiger partial charge in [0.25, 0.3) is 0 Å². The monoisotopic (exact) mass is 306 g/mol. The Morgan fingerprint density at radius 1 is 1.10 bits per heavy atom. The molecule has 5 heteroatoms. The first kappa shape index (κ1) is 15.2. The second-order valence-electron chi connectivity index (χ2n) is 4.37. The summed E-state index contributed by atoms with van der Waals surface area (Å²) >= 11 is 5.89. The van der Waals surface area contributed by atoms with E-state index in [2.05, 4.69) is 0 Å². The molecule has 0 bridgehead atoms. The van der Waals surface area contributed by atoms with Gasteiger partial charge in [-0.25, -0.2) is 4.79 Å². The summed E-state index contributed by atoms with van der Waals surface area (Å²) in [6, 6.07) is 11.7. The maximum Gasteiger partial charge on any atom is 0.337 e. The first-order chi connectivity index (χ1) is 10.1. The highest BCUT2D eigenvalue weighted by Gasteiger charge is 2.09. The quantitative estimate of drug-likeness (QED) is 0.846. The molecule has 0 atom stereocenters. The molecule has 0 aliphatic carbocycles. The van der Waals surface area contributed by atoms with Crippen LogP contribution in [0.25, 0.3) is 0 Å². The van der Waals surface area contributed by atoms with E-state index in [1.807, 2.05) is 19.1 Å². The van der Waals surface area contributed by atoms with E-state index < -0.39 is 5.97 Å². The Balaban J connectivity index is 2.07. The summed E-state index contributed by atoms with van der Waals surface area (Å²) in [7, 11) is 0. The van der Waals surface area contributed by atoms with Crippen LogP contribution in [0.5, 0.6) is 17.2 Å². The molecular weight excluding hydrogens is 292 g/mol. The zero-order chi connectivity index (χ0) is 15.2. The number of rotatable bonds is 6. The number of hydrogen-bond donors (Lipinski definition) is 1. The van der Waals surface area contributed by atoms with Crippen LogP contribution in [0.4, 0.5) is 0 Å². The van der Waals surface area contributed by atoms with Crippen molar-refractivity contribution >= 4 is 17.6 Å². The van der Waals surface area contributed by atoms with Gasteiger partial charge in [0.2, 0.25) is 0 Å². The molecule has 21 heavy (non-hydrogen) atoms. The Kier molecular flexibility index (Phi) is 5.06. The average Bonchev–Trinajstić information content (AvgIpc) is 2.46. The highest BCUT2D eigenvalue weighted by Crippen LogP contribution is 2.28. The van der Waals surface area contributed by atoms with Crippen molar-refractivity contribution < 1.29 is 19.4 Å². The summed E-state index contributed by atoms with van der Waals surface area (Å²) in [4.78, 5) is 10.9. The van der Waals surface area contributed by atoms with Gasteiger partial charge in [-0.15, -0.1) is 0 Å². The average molecular weight is 307 g/mol. The zero-order valence-corrected chi connectivity index (χ0v) is 12.3. The summed E-state index contributed by atoms with van der Waals surface area (Å²) in [6.45, 7) is 2.72. The van der Waals surface area contributed by atoms with Crippen molar-refractivity contribution in [3.8, 4) is 17.2 Å². The van der Waals surface area contributed by atoms with E-state index in [0.29, 0.717) is 18.1 Å². The molecule has 2 rings (SSSR count). The molecule has 0 saturated carbocycles. The van der Waals surface area contributed by atoms with Crippen LogP contribution in [-0.2, 0) is 0 Å². The summed E-state index contributed by atoms with van der Waals surface area (Å²) in [5.41, 5.74) is 0.0485. The third kappa shape index (κ3) is 4.13. The Bertz CT molecular complexity index is 623. The van der Waals surface area contributed by atoms with Crippen molar-refractivity contribution in [2.45, 2.75) is 13.3 Å². The minimum atomic E-state index is -1.07. The molecule has 0 amide bonds. The van der Waals surface area contributed by atoms with Gasteiger partial charge in [-0.3, -0.25) is 0 Å². The van der Waals surface area contributed by atoms with Gasteiger partial charge in [0.15, 0.2) is 0 Å². The second kappa shape index (κ2) is 6.99. The van der Waals surface area contributed by atoms with Crippen molar-refractivity contribution in [2.75, 3.05) is 6.61 Å². The number of ether oxygens (including phenoxy) is 2. The van der Waals surface area contributed by atoms with Gasteiger partial charge in [-0.05, 0) is 42.8 Å². The molecule has 0 saturated heterocycles. The molecule has 2 aromatic rings. The third-order valence-corrected chi connectivity index (χ3v) is 3.02. The van der Waals surface area contributed by atoms with Gasteiger partial charge in [-0.1, -0.05) is 18.5 Å².